The first-order valence-electron chi connectivity index (χ1n) is 5.70. The zero-order valence-electron chi connectivity index (χ0n) is 10.2. The van der Waals surface area contributed by atoms with Crippen molar-refractivity contribution in [1.82, 2.24) is 15.5 Å². The molecule has 92 valence electrons. The van der Waals surface area contributed by atoms with Crippen molar-refractivity contribution in [2.45, 2.75) is 33.6 Å². The lowest BCUT2D eigenvalue weighted by Crippen LogP contribution is -2.31. The topological polar surface area (TPSA) is 59.2 Å². The molecule has 0 saturated heterocycles. The van der Waals surface area contributed by atoms with Gasteiger partial charge in [-0.2, -0.15) is 5.10 Å². The van der Waals surface area contributed by atoms with Crippen molar-refractivity contribution >= 4 is 0 Å². The predicted molar refractivity (Wildman–Crippen MR) is 62.1 cm³/mol. The SMILES string of the molecule is CCOC(CNCc1cn[nH]c1C)OCC. The number of H-pyrrole nitrogens is 1. The lowest BCUT2D eigenvalue weighted by Gasteiger charge is -2.17. The zero-order chi connectivity index (χ0) is 11.8. The third kappa shape index (κ3) is 4.30. The Labute approximate surface area is 96.5 Å². The smallest absolute Gasteiger partial charge is 0.169 e. The number of aromatic amines is 1. The highest BCUT2D eigenvalue weighted by atomic mass is 16.7. The molecule has 0 fully saturated rings. The van der Waals surface area contributed by atoms with Crippen molar-refractivity contribution in [2.24, 2.45) is 0 Å². The van der Waals surface area contributed by atoms with Gasteiger partial charge in [0.1, 0.15) is 0 Å². The standard InChI is InChI=1S/C11H21N3O2/c1-4-15-11(16-5-2)8-12-6-10-7-13-14-9(10)3/h7,11-12H,4-6,8H2,1-3H3,(H,13,14). The summed E-state index contributed by atoms with van der Waals surface area (Å²) in [6.07, 6.45) is 1.67. The Hall–Kier alpha value is -0.910. The number of aromatic nitrogens is 2. The molecule has 0 saturated carbocycles. The minimum absolute atomic E-state index is 0.165. The number of hydrogen-bond donors (Lipinski definition) is 2. The summed E-state index contributed by atoms with van der Waals surface area (Å²) in [6, 6.07) is 0. The van der Waals surface area contributed by atoms with Gasteiger partial charge in [0.05, 0.1) is 6.20 Å². The average molecular weight is 227 g/mol. The van der Waals surface area contributed by atoms with E-state index in [4.69, 9.17) is 9.47 Å². The van der Waals surface area contributed by atoms with Crippen LogP contribution in [0.2, 0.25) is 0 Å². The minimum Gasteiger partial charge on any atom is -0.352 e. The summed E-state index contributed by atoms with van der Waals surface area (Å²) in [5, 5.41) is 10.2. The molecule has 0 aliphatic carbocycles. The molecule has 0 radical (unpaired) electrons. The maximum atomic E-state index is 5.42. The van der Waals surface area contributed by atoms with Gasteiger partial charge in [-0.05, 0) is 20.8 Å². The molecular formula is C11H21N3O2. The van der Waals surface area contributed by atoms with E-state index in [-0.39, 0.29) is 6.29 Å². The number of hydrogen-bond acceptors (Lipinski definition) is 4. The Morgan fingerprint density at radius 3 is 2.56 bits per heavy atom. The van der Waals surface area contributed by atoms with Crippen molar-refractivity contribution < 1.29 is 9.47 Å². The van der Waals surface area contributed by atoms with Gasteiger partial charge in [0.2, 0.25) is 0 Å². The van der Waals surface area contributed by atoms with Gasteiger partial charge in [0.15, 0.2) is 6.29 Å². The molecule has 0 amide bonds. The van der Waals surface area contributed by atoms with Crippen molar-refractivity contribution in [3.05, 3.63) is 17.5 Å². The largest absolute Gasteiger partial charge is 0.352 e. The fourth-order valence-corrected chi connectivity index (χ4v) is 1.42. The van der Waals surface area contributed by atoms with E-state index in [1.165, 1.54) is 5.56 Å². The summed E-state index contributed by atoms with van der Waals surface area (Å²) in [5.74, 6) is 0. The molecule has 2 N–H and O–H groups in total. The van der Waals surface area contributed by atoms with E-state index in [1.54, 1.807) is 0 Å². The van der Waals surface area contributed by atoms with E-state index >= 15 is 0 Å². The summed E-state index contributed by atoms with van der Waals surface area (Å²) >= 11 is 0. The van der Waals surface area contributed by atoms with Gasteiger partial charge in [0, 0.05) is 37.6 Å². The van der Waals surface area contributed by atoms with Crippen LogP contribution in [-0.2, 0) is 16.0 Å². The average Bonchev–Trinajstić information content (AvgIpc) is 2.65. The summed E-state index contributed by atoms with van der Waals surface area (Å²) in [4.78, 5) is 0. The van der Waals surface area contributed by atoms with Crippen molar-refractivity contribution in [1.29, 1.82) is 0 Å². The molecular weight excluding hydrogens is 206 g/mol. The Kier molecular flexibility index (Phi) is 6.07. The fraction of sp³-hybridized carbons (Fsp3) is 0.727. The zero-order valence-corrected chi connectivity index (χ0v) is 10.2. The van der Waals surface area contributed by atoms with E-state index in [2.05, 4.69) is 15.5 Å². The highest BCUT2D eigenvalue weighted by molar-refractivity contribution is 5.13. The molecule has 16 heavy (non-hydrogen) atoms. The van der Waals surface area contributed by atoms with Gasteiger partial charge >= 0.3 is 0 Å². The van der Waals surface area contributed by atoms with Crippen LogP contribution >= 0.6 is 0 Å². The summed E-state index contributed by atoms with van der Waals surface area (Å²) in [6.45, 7) is 8.73. The lowest BCUT2D eigenvalue weighted by molar-refractivity contribution is -0.133. The van der Waals surface area contributed by atoms with Crippen LogP contribution in [0.15, 0.2) is 6.20 Å². The van der Waals surface area contributed by atoms with Crippen molar-refractivity contribution in [2.75, 3.05) is 19.8 Å². The van der Waals surface area contributed by atoms with E-state index in [9.17, 15) is 0 Å². The molecule has 0 atom stereocenters. The second kappa shape index (κ2) is 7.38. The molecule has 1 heterocycles. The van der Waals surface area contributed by atoms with Gasteiger partial charge in [-0.25, -0.2) is 0 Å². The van der Waals surface area contributed by atoms with Crippen LogP contribution in [0.5, 0.6) is 0 Å². The van der Waals surface area contributed by atoms with E-state index in [0.29, 0.717) is 19.8 Å². The fourth-order valence-electron chi connectivity index (χ4n) is 1.42. The van der Waals surface area contributed by atoms with Crippen molar-refractivity contribution in [3.63, 3.8) is 0 Å². The number of rotatable bonds is 8. The van der Waals surface area contributed by atoms with Gasteiger partial charge in [0.25, 0.3) is 0 Å². The van der Waals surface area contributed by atoms with Crippen LogP contribution in [0.1, 0.15) is 25.1 Å². The second-order valence-electron chi connectivity index (χ2n) is 3.49. The molecule has 5 nitrogen and oxygen atoms in total. The normalized spacial score (nSPS) is 11.2. The molecule has 0 bridgehead atoms. The monoisotopic (exact) mass is 227 g/mol. The van der Waals surface area contributed by atoms with Gasteiger partial charge in [-0.1, -0.05) is 0 Å². The lowest BCUT2D eigenvalue weighted by atomic mass is 10.2. The minimum atomic E-state index is -0.165. The Bertz CT molecular complexity index is 283. The molecule has 0 unspecified atom stereocenters. The molecule has 0 aromatic carbocycles. The van der Waals surface area contributed by atoms with Crippen LogP contribution < -0.4 is 5.32 Å². The quantitative estimate of drug-likeness (QED) is 0.655. The Balaban J connectivity index is 2.24. The van der Waals surface area contributed by atoms with Crippen LogP contribution in [0, 0.1) is 6.92 Å². The molecule has 1 aromatic heterocycles. The number of ether oxygens (including phenoxy) is 2. The van der Waals surface area contributed by atoms with E-state index in [1.807, 2.05) is 27.0 Å². The Morgan fingerprint density at radius 2 is 2.06 bits per heavy atom. The third-order valence-electron chi connectivity index (χ3n) is 2.27. The first-order valence-corrected chi connectivity index (χ1v) is 5.70. The maximum Gasteiger partial charge on any atom is 0.169 e. The number of nitrogens with one attached hydrogen (secondary N) is 2. The van der Waals surface area contributed by atoms with Crippen molar-refractivity contribution in [3.8, 4) is 0 Å². The third-order valence-corrected chi connectivity index (χ3v) is 2.27. The van der Waals surface area contributed by atoms with Crippen LogP contribution in [0.4, 0.5) is 0 Å². The van der Waals surface area contributed by atoms with Crippen LogP contribution in [-0.4, -0.2) is 36.2 Å². The van der Waals surface area contributed by atoms with Gasteiger partial charge < -0.3 is 14.8 Å². The van der Waals surface area contributed by atoms with Gasteiger partial charge in [-0.3, -0.25) is 5.10 Å². The Morgan fingerprint density at radius 1 is 1.38 bits per heavy atom. The second-order valence-corrected chi connectivity index (χ2v) is 3.49. The molecule has 1 aromatic rings. The highest BCUT2D eigenvalue weighted by Crippen LogP contribution is 2.01. The highest BCUT2D eigenvalue weighted by Gasteiger charge is 2.07. The first-order chi connectivity index (χ1) is 7.77. The maximum absolute atomic E-state index is 5.42. The van der Waals surface area contributed by atoms with Gasteiger partial charge in [-0.15, -0.1) is 0 Å². The number of nitrogens with zero attached hydrogens (tertiary/aromatic N) is 1. The molecule has 0 spiro atoms. The summed E-state index contributed by atoms with van der Waals surface area (Å²) in [5.41, 5.74) is 2.27. The predicted octanol–water partition coefficient (Wildman–Crippen LogP) is 1.21. The van der Waals surface area contributed by atoms with Crippen LogP contribution in [0.3, 0.4) is 0 Å². The number of aryl methyl sites for hydroxylation is 1. The van der Waals surface area contributed by atoms with E-state index < -0.39 is 0 Å². The molecule has 0 aliphatic rings. The summed E-state index contributed by atoms with van der Waals surface area (Å²) in [7, 11) is 0. The van der Waals surface area contributed by atoms with Crippen LogP contribution in [0.25, 0.3) is 0 Å². The molecule has 1 rings (SSSR count). The molecule has 0 aliphatic heterocycles. The first kappa shape index (κ1) is 13.2. The van der Waals surface area contributed by atoms with E-state index in [0.717, 1.165) is 12.2 Å². The molecule has 5 heteroatoms. The summed E-state index contributed by atoms with van der Waals surface area (Å²) < 4.78 is 10.8.